The largest absolute Gasteiger partial charge is 0.454 e. The minimum absolute atomic E-state index is 0.184. The van der Waals surface area contributed by atoms with Gasteiger partial charge in [0.15, 0.2) is 12.4 Å². The smallest absolute Gasteiger partial charge is 0.331 e. The van der Waals surface area contributed by atoms with Gasteiger partial charge in [0.25, 0.3) is 0 Å². The normalized spacial score (nSPS) is 10.8. The van der Waals surface area contributed by atoms with Crippen LogP contribution in [0.2, 0.25) is 0 Å². The molecule has 1 N–H and O–H groups in total. The third-order valence-corrected chi connectivity index (χ3v) is 2.41. The first-order valence-corrected chi connectivity index (χ1v) is 6.40. The molecule has 21 heavy (non-hydrogen) atoms. The second-order valence-electron chi connectivity index (χ2n) is 4.17. The highest BCUT2D eigenvalue weighted by Crippen LogP contribution is 2.10. The van der Waals surface area contributed by atoms with Gasteiger partial charge in [-0.3, -0.25) is 9.59 Å². The topological polar surface area (TPSA) is 72.5 Å². The Morgan fingerprint density at radius 3 is 2.38 bits per heavy atom. The van der Waals surface area contributed by atoms with Crippen molar-refractivity contribution in [1.82, 2.24) is 0 Å². The molecule has 1 rings (SSSR count). The number of Topliss-reactive ketones (excluding diaryl/α,β-unsaturated/α-hetero) is 1. The lowest BCUT2D eigenvalue weighted by atomic mass is 10.1. The van der Waals surface area contributed by atoms with E-state index >= 15 is 0 Å². The van der Waals surface area contributed by atoms with Crippen LogP contribution in [0.4, 0.5) is 5.69 Å². The fraction of sp³-hybridized carbons (Fsp3) is 0.188. The van der Waals surface area contributed by atoms with Crippen LogP contribution in [0.15, 0.2) is 48.6 Å². The van der Waals surface area contributed by atoms with E-state index in [9.17, 15) is 14.4 Å². The van der Waals surface area contributed by atoms with E-state index in [2.05, 4.69) is 5.32 Å². The lowest BCUT2D eigenvalue weighted by molar-refractivity contribution is -0.136. The number of allylic oxidation sites excluding steroid dienone is 3. The van der Waals surface area contributed by atoms with Crippen LogP contribution in [0.5, 0.6) is 0 Å². The summed E-state index contributed by atoms with van der Waals surface area (Å²) in [5.74, 6) is -1.07. The Kier molecular flexibility index (Phi) is 6.60. The van der Waals surface area contributed by atoms with Gasteiger partial charge in [0, 0.05) is 24.3 Å². The van der Waals surface area contributed by atoms with Crippen molar-refractivity contribution in [2.45, 2.75) is 13.8 Å². The Hall–Kier alpha value is -2.69. The Bertz CT molecular complexity index is 570. The molecular weight excluding hydrogens is 270 g/mol. The molecule has 0 spiro atoms. The van der Waals surface area contributed by atoms with Gasteiger partial charge in [-0.2, -0.15) is 0 Å². The van der Waals surface area contributed by atoms with Crippen LogP contribution in [-0.2, 0) is 14.3 Å². The second kappa shape index (κ2) is 8.47. The van der Waals surface area contributed by atoms with Crippen molar-refractivity contribution in [2.24, 2.45) is 0 Å². The molecule has 0 radical (unpaired) electrons. The number of esters is 1. The van der Waals surface area contributed by atoms with Crippen molar-refractivity contribution in [3.63, 3.8) is 0 Å². The molecule has 0 saturated carbocycles. The molecule has 0 aliphatic heterocycles. The van der Waals surface area contributed by atoms with Gasteiger partial charge in [-0.25, -0.2) is 4.79 Å². The number of amides is 1. The number of benzene rings is 1. The number of rotatable bonds is 6. The van der Waals surface area contributed by atoms with E-state index in [4.69, 9.17) is 4.74 Å². The van der Waals surface area contributed by atoms with E-state index in [0.29, 0.717) is 11.3 Å². The molecule has 0 bridgehead atoms. The average Bonchev–Trinajstić information content (AvgIpc) is 2.45. The number of hydrogen-bond acceptors (Lipinski definition) is 4. The quantitative estimate of drug-likeness (QED) is 0.377. The first kappa shape index (κ1) is 16.4. The summed E-state index contributed by atoms with van der Waals surface area (Å²) in [6.07, 6.45) is 6.23. The van der Waals surface area contributed by atoms with E-state index in [0.717, 1.165) is 0 Å². The van der Waals surface area contributed by atoms with Crippen LogP contribution >= 0.6 is 0 Å². The standard InChI is InChI=1S/C16H17NO4/c1-3-4-5-6-16(20)21-11-15(19)13-7-9-14(10-8-13)17-12(2)18/h3-10H,11H2,1-2H3,(H,17,18)/b4-3+,6-5+. The van der Waals surface area contributed by atoms with Crippen molar-refractivity contribution in [3.8, 4) is 0 Å². The molecule has 0 aliphatic rings. The summed E-state index contributed by atoms with van der Waals surface area (Å²) in [5.41, 5.74) is 1.01. The predicted molar refractivity (Wildman–Crippen MR) is 80.0 cm³/mol. The Morgan fingerprint density at radius 2 is 1.81 bits per heavy atom. The van der Waals surface area contributed by atoms with Gasteiger partial charge >= 0.3 is 5.97 Å². The van der Waals surface area contributed by atoms with E-state index in [1.165, 1.54) is 19.1 Å². The summed E-state index contributed by atoms with van der Waals surface area (Å²) in [4.78, 5) is 34.0. The molecule has 1 aromatic rings. The van der Waals surface area contributed by atoms with Gasteiger partial charge in [0.1, 0.15) is 0 Å². The highest BCUT2D eigenvalue weighted by molar-refractivity contribution is 5.99. The van der Waals surface area contributed by atoms with Gasteiger partial charge in [-0.1, -0.05) is 18.2 Å². The van der Waals surface area contributed by atoms with Crippen molar-refractivity contribution >= 4 is 23.3 Å². The fourth-order valence-electron chi connectivity index (χ4n) is 1.46. The van der Waals surface area contributed by atoms with E-state index in [1.54, 1.807) is 36.4 Å². The number of ketones is 1. The molecule has 110 valence electrons. The molecule has 1 aromatic carbocycles. The Balaban J connectivity index is 2.52. The molecule has 5 heteroatoms. The highest BCUT2D eigenvalue weighted by Gasteiger charge is 2.08. The summed E-state index contributed by atoms with van der Waals surface area (Å²) >= 11 is 0. The number of hydrogen-bond donors (Lipinski definition) is 1. The Morgan fingerprint density at radius 1 is 1.14 bits per heavy atom. The Labute approximate surface area is 123 Å². The molecule has 0 fully saturated rings. The predicted octanol–water partition coefficient (Wildman–Crippen LogP) is 2.50. The molecular formula is C16H17NO4. The number of anilines is 1. The van der Waals surface area contributed by atoms with Crippen molar-refractivity contribution in [2.75, 3.05) is 11.9 Å². The van der Waals surface area contributed by atoms with Gasteiger partial charge < -0.3 is 10.1 Å². The van der Waals surface area contributed by atoms with Gasteiger partial charge in [0.05, 0.1) is 0 Å². The molecule has 5 nitrogen and oxygen atoms in total. The molecule has 0 atom stereocenters. The summed E-state index contributed by atoms with van der Waals surface area (Å²) in [6.45, 7) is 2.90. The van der Waals surface area contributed by atoms with E-state index in [1.807, 2.05) is 6.92 Å². The third kappa shape index (κ3) is 6.33. The molecule has 0 unspecified atom stereocenters. The van der Waals surface area contributed by atoms with Crippen LogP contribution in [0.1, 0.15) is 24.2 Å². The highest BCUT2D eigenvalue weighted by atomic mass is 16.5. The van der Waals surface area contributed by atoms with Gasteiger partial charge in [-0.05, 0) is 31.2 Å². The third-order valence-electron chi connectivity index (χ3n) is 2.41. The molecule has 1 amide bonds. The first-order valence-electron chi connectivity index (χ1n) is 6.40. The van der Waals surface area contributed by atoms with Crippen molar-refractivity contribution in [1.29, 1.82) is 0 Å². The number of carbonyl (C=O) groups is 3. The maximum atomic E-state index is 11.8. The number of ether oxygens (including phenoxy) is 1. The summed E-state index contributed by atoms with van der Waals surface area (Å²) in [5, 5.41) is 2.60. The zero-order valence-electron chi connectivity index (χ0n) is 12.0. The molecule has 0 aromatic heterocycles. The zero-order valence-corrected chi connectivity index (χ0v) is 12.0. The number of nitrogens with one attached hydrogen (secondary N) is 1. The van der Waals surface area contributed by atoms with Crippen LogP contribution in [0, 0.1) is 0 Å². The van der Waals surface area contributed by atoms with Gasteiger partial charge in [0.2, 0.25) is 5.91 Å². The molecule has 0 aliphatic carbocycles. The second-order valence-corrected chi connectivity index (χ2v) is 4.17. The maximum absolute atomic E-state index is 11.8. The fourth-order valence-corrected chi connectivity index (χ4v) is 1.46. The summed E-state index contributed by atoms with van der Waals surface area (Å²) in [6, 6.07) is 6.36. The van der Waals surface area contributed by atoms with Crippen LogP contribution < -0.4 is 5.32 Å². The zero-order chi connectivity index (χ0) is 15.7. The summed E-state index contributed by atoms with van der Waals surface area (Å²) < 4.78 is 4.82. The van der Waals surface area contributed by atoms with E-state index < -0.39 is 5.97 Å². The van der Waals surface area contributed by atoms with Crippen LogP contribution in [-0.4, -0.2) is 24.3 Å². The monoisotopic (exact) mass is 287 g/mol. The maximum Gasteiger partial charge on any atom is 0.331 e. The lowest BCUT2D eigenvalue weighted by Crippen LogP contribution is -2.12. The average molecular weight is 287 g/mol. The minimum atomic E-state index is -0.573. The molecule has 0 heterocycles. The summed E-state index contributed by atoms with van der Waals surface area (Å²) in [7, 11) is 0. The molecule has 0 saturated heterocycles. The van der Waals surface area contributed by atoms with Crippen molar-refractivity contribution in [3.05, 3.63) is 54.1 Å². The lowest BCUT2D eigenvalue weighted by Gasteiger charge is -2.04. The van der Waals surface area contributed by atoms with Crippen molar-refractivity contribution < 1.29 is 19.1 Å². The first-order chi connectivity index (χ1) is 10.0. The van der Waals surface area contributed by atoms with E-state index in [-0.39, 0.29) is 18.3 Å². The van der Waals surface area contributed by atoms with Crippen LogP contribution in [0.25, 0.3) is 0 Å². The minimum Gasteiger partial charge on any atom is -0.454 e. The van der Waals surface area contributed by atoms with Gasteiger partial charge in [-0.15, -0.1) is 0 Å². The van der Waals surface area contributed by atoms with Crippen LogP contribution in [0.3, 0.4) is 0 Å². The number of carbonyl (C=O) groups excluding carboxylic acids is 3. The SMILES string of the molecule is C/C=C/C=C/C(=O)OCC(=O)c1ccc(NC(C)=O)cc1.